The van der Waals surface area contributed by atoms with Gasteiger partial charge in [-0.05, 0) is 92.0 Å². The molecule has 2 aromatic carbocycles. The lowest BCUT2D eigenvalue weighted by Crippen LogP contribution is -2.37. The van der Waals surface area contributed by atoms with Crippen LogP contribution in [0.5, 0.6) is 0 Å². The number of benzene rings is 2. The van der Waals surface area contributed by atoms with Gasteiger partial charge in [0.25, 0.3) is 0 Å². The molecule has 2 bridgehead atoms. The lowest BCUT2D eigenvalue weighted by molar-refractivity contribution is -0.133. The summed E-state index contributed by atoms with van der Waals surface area (Å²) in [5, 5.41) is 8.16. The first kappa shape index (κ1) is 24.6. The summed E-state index contributed by atoms with van der Waals surface area (Å²) >= 11 is 0. The first-order valence-electron chi connectivity index (χ1n) is 12.6. The van der Waals surface area contributed by atoms with Crippen LogP contribution in [0.15, 0.2) is 58.5 Å². The Labute approximate surface area is 208 Å². The van der Waals surface area contributed by atoms with Crippen molar-refractivity contribution in [2.24, 2.45) is 11.8 Å². The molecule has 36 heavy (non-hydrogen) atoms. The van der Waals surface area contributed by atoms with Gasteiger partial charge in [-0.3, -0.25) is 4.79 Å². The molecule has 0 aliphatic heterocycles. The van der Waals surface area contributed by atoms with Crippen LogP contribution in [0.1, 0.15) is 43.4 Å². The van der Waals surface area contributed by atoms with Gasteiger partial charge in [0.05, 0.1) is 6.42 Å². The zero-order valence-corrected chi connectivity index (χ0v) is 20.5. The molecule has 2 fully saturated rings. The molecule has 3 atom stereocenters. The highest BCUT2D eigenvalue weighted by molar-refractivity contribution is 6.01. The largest absolute Gasteiger partial charge is 0.461 e. The third kappa shape index (κ3) is 5.51. The summed E-state index contributed by atoms with van der Waals surface area (Å²) in [5.74, 6) is 2.09. The Balaban J connectivity index is 1.25. The summed E-state index contributed by atoms with van der Waals surface area (Å²) in [5.41, 5.74) is 3.97. The first-order chi connectivity index (χ1) is 17.1. The van der Waals surface area contributed by atoms with Crippen LogP contribution in [0, 0.1) is 25.7 Å². The molecule has 1 heterocycles. The molecular formula is C29H31F3N2O2. The SMILES string of the molecule is Cc1cc(-c2ccc3ccc(NC(=O)C=C4C5CC[C@@H]4CC(NCCC(F)(F)F)C5)cc3c2)oc1C. The van der Waals surface area contributed by atoms with Crippen LogP contribution in [0.4, 0.5) is 18.9 Å². The summed E-state index contributed by atoms with van der Waals surface area (Å²) in [7, 11) is 0. The second-order valence-electron chi connectivity index (χ2n) is 10.2. The molecule has 5 rings (SSSR count). The molecule has 190 valence electrons. The molecule has 1 aromatic heterocycles. The Hall–Kier alpha value is -3.06. The minimum absolute atomic E-state index is 0.0457. The van der Waals surface area contributed by atoms with E-state index in [2.05, 4.69) is 16.7 Å². The highest BCUT2D eigenvalue weighted by Gasteiger charge is 2.39. The van der Waals surface area contributed by atoms with Crippen molar-refractivity contribution in [3.05, 3.63) is 65.4 Å². The van der Waals surface area contributed by atoms with E-state index in [0.29, 0.717) is 0 Å². The van der Waals surface area contributed by atoms with E-state index in [1.807, 2.05) is 50.2 Å². The summed E-state index contributed by atoms with van der Waals surface area (Å²) in [6, 6.07) is 14.1. The van der Waals surface area contributed by atoms with Crippen LogP contribution in [0.3, 0.4) is 0 Å². The summed E-state index contributed by atoms with van der Waals surface area (Å²) in [6.07, 6.45) is 0.347. The number of hydrogen-bond donors (Lipinski definition) is 2. The fraction of sp³-hybridized carbons (Fsp3) is 0.414. The topological polar surface area (TPSA) is 54.3 Å². The third-order valence-corrected chi connectivity index (χ3v) is 7.64. The van der Waals surface area contributed by atoms with E-state index >= 15 is 0 Å². The Morgan fingerprint density at radius 3 is 2.42 bits per heavy atom. The minimum Gasteiger partial charge on any atom is -0.461 e. The molecule has 0 spiro atoms. The van der Waals surface area contributed by atoms with Gasteiger partial charge >= 0.3 is 6.18 Å². The standard InChI is InChI=1S/C29H31F3N2O2/c1-17-11-27(36-18(17)2)22-6-3-19-7-8-24(15-23(19)12-22)34-28(35)16-26-20-4-5-21(26)14-25(13-20)33-10-9-29(30,31)32/h3,6-8,11-12,15-16,20-21,25,33H,4-5,9-10,13-14H2,1-2H3,(H,34,35)/t20-,21?,25?/m1/s1. The number of halogens is 3. The molecule has 2 saturated carbocycles. The van der Waals surface area contributed by atoms with Crippen LogP contribution >= 0.6 is 0 Å². The van der Waals surface area contributed by atoms with Crippen molar-refractivity contribution in [3.8, 4) is 11.3 Å². The number of amides is 1. The van der Waals surface area contributed by atoms with E-state index in [-0.39, 0.29) is 30.3 Å². The molecule has 0 saturated heterocycles. The number of furan rings is 1. The Bertz CT molecular complexity index is 1270. The number of rotatable bonds is 6. The van der Waals surface area contributed by atoms with E-state index < -0.39 is 12.6 Å². The number of anilines is 1. The van der Waals surface area contributed by atoms with Crippen LogP contribution < -0.4 is 10.6 Å². The van der Waals surface area contributed by atoms with E-state index in [1.165, 1.54) is 0 Å². The predicted octanol–water partition coefficient (Wildman–Crippen LogP) is 7.31. The maximum atomic E-state index is 12.9. The fourth-order valence-corrected chi connectivity index (χ4v) is 5.70. The lowest BCUT2D eigenvalue weighted by Gasteiger charge is -2.31. The van der Waals surface area contributed by atoms with Gasteiger partial charge in [0.1, 0.15) is 11.5 Å². The van der Waals surface area contributed by atoms with Crippen LogP contribution in [-0.2, 0) is 4.79 Å². The summed E-state index contributed by atoms with van der Waals surface area (Å²) < 4.78 is 43.3. The molecule has 2 aliphatic rings. The minimum atomic E-state index is -4.13. The highest BCUT2D eigenvalue weighted by Crippen LogP contribution is 2.46. The fourth-order valence-electron chi connectivity index (χ4n) is 5.70. The monoisotopic (exact) mass is 496 g/mol. The molecule has 0 radical (unpaired) electrons. The second kappa shape index (κ2) is 9.77. The quantitative estimate of drug-likeness (QED) is 0.352. The van der Waals surface area contributed by atoms with Crippen molar-refractivity contribution in [2.45, 2.75) is 58.2 Å². The number of alkyl halides is 3. The number of carbonyl (C=O) groups excluding carboxylic acids is 1. The van der Waals surface area contributed by atoms with Gasteiger partial charge in [-0.15, -0.1) is 0 Å². The van der Waals surface area contributed by atoms with Crippen molar-refractivity contribution in [1.29, 1.82) is 0 Å². The van der Waals surface area contributed by atoms with Crippen LogP contribution in [0.25, 0.3) is 22.1 Å². The number of hydrogen-bond acceptors (Lipinski definition) is 3. The number of nitrogens with one attached hydrogen (secondary N) is 2. The Kier molecular flexibility index (Phi) is 6.68. The molecule has 3 aromatic rings. The smallest absolute Gasteiger partial charge is 0.390 e. The van der Waals surface area contributed by atoms with Crippen molar-refractivity contribution in [3.63, 3.8) is 0 Å². The van der Waals surface area contributed by atoms with E-state index in [0.717, 1.165) is 70.4 Å². The number of carbonyl (C=O) groups is 1. The molecule has 1 amide bonds. The van der Waals surface area contributed by atoms with Crippen LogP contribution in [-0.4, -0.2) is 24.7 Å². The molecule has 2 unspecified atom stereocenters. The first-order valence-corrected chi connectivity index (χ1v) is 12.6. The lowest BCUT2D eigenvalue weighted by atomic mass is 9.80. The predicted molar refractivity (Wildman–Crippen MR) is 136 cm³/mol. The van der Waals surface area contributed by atoms with Gasteiger partial charge < -0.3 is 15.1 Å². The van der Waals surface area contributed by atoms with Crippen LogP contribution in [0.2, 0.25) is 0 Å². The van der Waals surface area contributed by atoms with Crippen molar-refractivity contribution < 1.29 is 22.4 Å². The second-order valence-corrected chi connectivity index (χ2v) is 10.2. The third-order valence-electron chi connectivity index (χ3n) is 7.64. The van der Waals surface area contributed by atoms with Gasteiger partial charge in [0, 0.05) is 29.9 Å². The Morgan fingerprint density at radius 1 is 1.03 bits per heavy atom. The van der Waals surface area contributed by atoms with E-state index in [4.69, 9.17) is 4.42 Å². The van der Waals surface area contributed by atoms with Gasteiger partial charge in [-0.1, -0.05) is 23.8 Å². The molecule has 4 nitrogen and oxygen atoms in total. The zero-order valence-electron chi connectivity index (χ0n) is 20.5. The van der Waals surface area contributed by atoms with Crippen molar-refractivity contribution in [1.82, 2.24) is 5.32 Å². The van der Waals surface area contributed by atoms with Gasteiger partial charge in [-0.25, -0.2) is 0 Å². The zero-order chi connectivity index (χ0) is 25.4. The normalized spacial score (nSPS) is 22.9. The molecular weight excluding hydrogens is 465 g/mol. The maximum absolute atomic E-state index is 12.9. The van der Waals surface area contributed by atoms with Gasteiger partial charge in [0.15, 0.2) is 0 Å². The maximum Gasteiger partial charge on any atom is 0.390 e. The van der Waals surface area contributed by atoms with Gasteiger partial charge in [-0.2, -0.15) is 13.2 Å². The van der Waals surface area contributed by atoms with E-state index in [1.54, 1.807) is 6.08 Å². The average Bonchev–Trinajstić information content (AvgIpc) is 3.25. The molecule has 7 heteroatoms. The van der Waals surface area contributed by atoms with Crippen molar-refractivity contribution >= 4 is 22.4 Å². The Morgan fingerprint density at radius 2 is 1.75 bits per heavy atom. The number of allylic oxidation sites excluding steroid dienone is 1. The molecule has 2 N–H and O–H groups in total. The number of aryl methyl sites for hydroxylation is 2. The number of fused-ring (bicyclic) bond motifs is 3. The van der Waals surface area contributed by atoms with Crippen molar-refractivity contribution in [2.75, 3.05) is 11.9 Å². The summed E-state index contributed by atoms with van der Waals surface area (Å²) in [4.78, 5) is 12.9. The molecule has 2 aliphatic carbocycles. The highest BCUT2D eigenvalue weighted by atomic mass is 19.4. The van der Waals surface area contributed by atoms with Gasteiger partial charge in [0.2, 0.25) is 5.91 Å². The van der Waals surface area contributed by atoms with E-state index in [9.17, 15) is 18.0 Å². The summed E-state index contributed by atoms with van der Waals surface area (Å²) in [6.45, 7) is 3.93. The average molecular weight is 497 g/mol.